The van der Waals surface area contributed by atoms with E-state index in [9.17, 15) is 9.59 Å². The Bertz CT molecular complexity index is 511. The Labute approximate surface area is 87.1 Å². The SMILES string of the molecule is CC(C)n1c(=O)c2c(n(N)c1=O)CCC2. The van der Waals surface area contributed by atoms with Crippen molar-refractivity contribution in [3.8, 4) is 0 Å². The smallest absolute Gasteiger partial charge is 0.335 e. The molecule has 0 atom stereocenters. The van der Waals surface area contributed by atoms with Crippen LogP contribution in [-0.2, 0) is 12.8 Å². The lowest BCUT2D eigenvalue weighted by Crippen LogP contribution is -2.46. The average Bonchev–Trinajstić information content (AvgIpc) is 2.62. The van der Waals surface area contributed by atoms with Crippen LogP contribution in [0.2, 0.25) is 0 Å². The average molecular weight is 209 g/mol. The van der Waals surface area contributed by atoms with Crippen LogP contribution in [0.5, 0.6) is 0 Å². The standard InChI is InChI=1S/C10H15N3O2/c1-6(2)12-9(14)7-4-3-5-8(7)13(11)10(12)15/h6H,3-5,11H2,1-2H3. The fraction of sp³-hybridized carbons (Fsp3) is 0.600. The first-order chi connectivity index (χ1) is 7.04. The predicted molar refractivity (Wildman–Crippen MR) is 57.5 cm³/mol. The lowest BCUT2D eigenvalue weighted by atomic mass is 10.2. The summed E-state index contributed by atoms with van der Waals surface area (Å²) in [7, 11) is 0. The Balaban J connectivity index is 2.86. The van der Waals surface area contributed by atoms with Crippen LogP contribution < -0.4 is 17.1 Å². The molecule has 1 aromatic rings. The van der Waals surface area contributed by atoms with Crippen molar-refractivity contribution in [3.05, 3.63) is 32.1 Å². The molecule has 0 bridgehead atoms. The van der Waals surface area contributed by atoms with Crippen molar-refractivity contribution >= 4 is 0 Å². The van der Waals surface area contributed by atoms with Gasteiger partial charge < -0.3 is 5.84 Å². The van der Waals surface area contributed by atoms with E-state index in [-0.39, 0.29) is 11.6 Å². The van der Waals surface area contributed by atoms with Gasteiger partial charge in [0.15, 0.2) is 0 Å². The van der Waals surface area contributed by atoms with Crippen molar-refractivity contribution in [2.75, 3.05) is 5.84 Å². The first-order valence-corrected chi connectivity index (χ1v) is 5.18. The number of nitrogens with zero attached hydrogens (tertiary/aromatic N) is 2. The molecule has 0 saturated heterocycles. The molecule has 1 aliphatic carbocycles. The normalized spacial score (nSPS) is 14.6. The maximum atomic E-state index is 12.0. The van der Waals surface area contributed by atoms with Crippen LogP contribution in [-0.4, -0.2) is 9.24 Å². The molecule has 1 aliphatic rings. The van der Waals surface area contributed by atoms with Gasteiger partial charge >= 0.3 is 5.69 Å². The summed E-state index contributed by atoms with van der Waals surface area (Å²) in [5, 5.41) is 0. The molecular formula is C10H15N3O2. The van der Waals surface area contributed by atoms with Crippen LogP contribution in [0, 0.1) is 0 Å². The van der Waals surface area contributed by atoms with Gasteiger partial charge in [-0.25, -0.2) is 9.47 Å². The Morgan fingerprint density at radius 2 is 1.93 bits per heavy atom. The maximum Gasteiger partial charge on any atom is 0.349 e. The van der Waals surface area contributed by atoms with Gasteiger partial charge in [0, 0.05) is 11.6 Å². The molecule has 82 valence electrons. The van der Waals surface area contributed by atoms with Crippen molar-refractivity contribution in [3.63, 3.8) is 0 Å². The fourth-order valence-corrected chi connectivity index (χ4v) is 2.14. The third kappa shape index (κ3) is 1.30. The largest absolute Gasteiger partial charge is 0.349 e. The molecule has 0 radical (unpaired) electrons. The summed E-state index contributed by atoms with van der Waals surface area (Å²) in [6.45, 7) is 3.62. The molecule has 1 heterocycles. The van der Waals surface area contributed by atoms with Crippen LogP contribution >= 0.6 is 0 Å². The van der Waals surface area contributed by atoms with E-state index in [2.05, 4.69) is 0 Å². The zero-order valence-corrected chi connectivity index (χ0v) is 8.99. The van der Waals surface area contributed by atoms with E-state index in [1.165, 1.54) is 4.57 Å². The van der Waals surface area contributed by atoms with Gasteiger partial charge in [-0.1, -0.05) is 0 Å². The van der Waals surface area contributed by atoms with E-state index in [0.29, 0.717) is 11.3 Å². The van der Waals surface area contributed by atoms with Gasteiger partial charge in [0.05, 0.1) is 5.69 Å². The van der Waals surface area contributed by atoms with Crippen molar-refractivity contribution in [2.24, 2.45) is 0 Å². The molecule has 5 nitrogen and oxygen atoms in total. The summed E-state index contributed by atoms with van der Waals surface area (Å²) >= 11 is 0. The highest BCUT2D eigenvalue weighted by atomic mass is 16.2. The van der Waals surface area contributed by atoms with E-state index in [1.807, 2.05) is 13.8 Å². The molecular weight excluding hydrogens is 194 g/mol. The minimum Gasteiger partial charge on any atom is -0.335 e. The topological polar surface area (TPSA) is 70.0 Å². The highest BCUT2D eigenvalue weighted by Crippen LogP contribution is 2.15. The molecule has 2 rings (SSSR count). The molecule has 0 unspecified atom stereocenters. The minimum atomic E-state index is -0.407. The van der Waals surface area contributed by atoms with Crippen LogP contribution in [0.1, 0.15) is 37.6 Å². The second kappa shape index (κ2) is 3.25. The minimum absolute atomic E-state index is 0.147. The van der Waals surface area contributed by atoms with Crippen LogP contribution in [0.4, 0.5) is 0 Å². The van der Waals surface area contributed by atoms with Gasteiger partial charge in [0.2, 0.25) is 0 Å². The molecule has 2 N–H and O–H groups in total. The van der Waals surface area contributed by atoms with Crippen molar-refractivity contribution < 1.29 is 0 Å². The maximum absolute atomic E-state index is 12.0. The third-order valence-electron chi connectivity index (χ3n) is 2.89. The number of aromatic nitrogens is 2. The molecule has 1 aromatic heterocycles. The summed E-state index contributed by atoms with van der Waals surface area (Å²) in [5.74, 6) is 5.69. The Morgan fingerprint density at radius 3 is 2.53 bits per heavy atom. The quantitative estimate of drug-likeness (QED) is 0.651. The Hall–Kier alpha value is -1.52. The molecule has 5 heteroatoms. The van der Waals surface area contributed by atoms with E-state index >= 15 is 0 Å². The third-order valence-corrected chi connectivity index (χ3v) is 2.89. The first-order valence-electron chi connectivity index (χ1n) is 5.18. The van der Waals surface area contributed by atoms with Gasteiger partial charge in [-0.2, -0.15) is 0 Å². The van der Waals surface area contributed by atoms with Crippen LogP contribution in [0.25, 0.3) is 0 Å². The zero-order chi connectivity index (χ0) is 11.2. The zero-order valence-electron chi connectivity index (χ0n) is 8.99. The summed E-state index contributed by atoms with van der Waals surface area (Å²) in [6.07, 6.45) is 2.37. The van der Waals surface area contributed by atoms with Crippen LogP contribution in [0.3, 0.4) is 0 Å². The Morgan fingerprint density at radius 1 is 1.27 bits per heavy atom. The van der Waals surface area contributed by atoms with Crippen molar-refractivity contribution in [1.29, 1.82) is 0 Å². The van der Waals surface area contributed by atoms with E-state index < -0.39 is 5.69 Å². The number of hydrogen-bond acceptors (Lipinski definition) is 3. The van der Waals surface area contributed by atoms with Crippen molar-refractivity contribution in [2.45, 2.75) is 39.2 Å². The van der Waals surface area contributed by atoms with Gasteiger partial charge in [-0.05, 0) is 33.1 Å². The van der Waals surface area contributed by atoms with E-state index in [0.717, 1.165) is 23.9 Å². The highest BCUT2D eigenvalue weighted by molar-refractivity contribution is 5.23. The van der Waals surface area contributed by atoms with E-state index in [1.54, 1.807) is 0 Å². The number of hydrogen-bond donors (Lipinski definition) is 1. The van der Waals surface area contributed by atoms with Gasteiger partial charge in [0.25, 0.3) is 5.56 Å². The monoisotopic (exact) mass is 209 g/mol. The highest BCUT2D eigenvalue weighted by Gasteiger charge is 2.22. The fourth-order valence-electron chi connectivity index (χ4n) is 2.14. The molecule has 0 amide bonds. The summed E-state index contributed by atoms with van der Waals surface area (Å²) in [4.78, 5) is 23.8. The predicted octanol–water partition coefficient (Wildman–Crippen LogP) is -0.207. The number of nitrogens with two attached hydrogens (primary N) is 1. The molecule has 0 spiro atoms. The lowest BCUT2D eigenvalue weighted by Gasteiger charge is -2.13. The van der Waals surface area contributed by atoms with Gasteiger partial charge in [0.1, 0.15) is 0 Å². The van der Waals surface area contributed by atoms with E-state index in [4.69, 9.17) is 5.84 Å². The molecule has 0 aromatic carbocycles. The molecule has 0 saturated carbocycles. The molecule has 15 heavy (non-hydrogen) atoms. The summed E-state index contributed by atoms with van der Waals surface area (Å²) in [6, 6.07) is -0.147. The van der Waals surface area contributed by atoms with Crippen LogP contribution in [0.15, 0.2) is 9.59 Å². The number of fused-ring (bicyclic) bond motifs is 1. The van der Waals surface area contributed by atoms with Gasteiger partial charge in [-0.15, -0.1) is 0 Å². The van der Waals surface area contributed by atoms with Crippen molar-refractivity contribution in [1.82, 2.24) is 9.24 Å². The number of rotatable bonds is 1. The Kier molecular flexibility index (Phi) is 2.17. The second-order valence-electron chi connectivity index (χ2n) is 4.20. The summed E-state index contributed by atoms with van der Waals surface area (Å²) < 4.78 is 2.36. The summed E-state index contributed by atoms with van der Waals surface area (Å²) in [5.41, 5.74) is 0.854. The number of nitrogen functional groups attached to an aromatic ring is 1. The van der Waals surface area contributed by atoms with Gasteiger partial charge in [-0.3, -0.25) is 9.36 Å². The first kappa shape index (κ1) is 10.0. The molecule has 0 fully saturated rings. The lowest BCUT2D eigenvalue weighted by molar-refractivity contribution is 0.520. The second-order valence-corrected chi connectivity index (χ2v) is 4.20. The molecule has 0 aliphatic heterocycles.